The van der Waals surface area contributed by atoms with Crippen molar-refractivity contribution in [2.45, 2.75) is 63.4 Å². The number of hydrogen-bond donors (Lipinski definition) is 0. The monoisotopic (exact) mass is 439 g/mol. The van der Waals surface area contributed by atoms with Crippen LogP contribution in [0.15, 0.2) is 12.1 Å². The molecule has 1 saturated heterocycles. The van der Waals surface area contributed by atoms with Crippen LogP contribution in [0.3, 0.4) is 0 Å². The number of Topliss-reactive ketones (excluding diaryl/α,β-unsaturated/α-hetero) is 1. The number of hydrogen-bond acceptors (Lipinski definition) is 5. The number of ether oxygens (including phenoxy) is 3. The Hall–Kier alpha value is -2.24. The van der Waals surface area contributed by atoms with Crippen LogP contribution >= 0.6 is 0 Å². The second-order valence-corrected chi connectivity index (χ2v) is 11.1. The predicted molar refractivity (Wildman–Crippen MR) is 118 cm³/mol. The quantitative estimate of drug-likeness (QED) is 0.705. The molecule has 2 aliphatic heterocycles. The van der Waals surface area contributed by atoms with E-state index in [1.807, 2.05) is 0 Å². The van der Waals surface area contributed by atoms with Gasteiger partial charge in [-0.25, -0.2) is 0 Å². The Bertz CT molecular complexity index is 926. The Morgan fingerprint density at radius 3 is 2.19 bits per heavy atom. The summed E-state index contributed by atoms with van der Waals surface area (Å²) in [5.74, 6) is 4.28. The molecular weight excluding hydrogens is 406 g/mol. The van der Waals surface area contributed by atoms with Crippen LogP contribution in [0.4, 0.5) is 0 Å². The van der Waals surface area contributed by atoms with Gasteiger partial charge in [0.1, 0.15) is 5.60 Å². The van der Waals surface area contributed by atoms with Gasteiger partial charge in [-0.05, 0) is 68.4 Å². The van der Waals surface area contributed by atoms with E-state index in [1.165, 1.54) is 19.3 Å². The highest BCUT2D eigenvalue weighted by Gasteiger charge is 2.56. The first kappa shape index (κ1) is 20.4. The lowest BCUT2D eigenvalue weighted by Gasteiger charge is -2.57. The fraction of sp³-hybridized carbons (Fsp3) is 0.692. The molecule has 1 amide bonds. The van der Waals surface area contributed by atoms with Crippen molar-refractivity contribution in [3.63, 3.8) is 0 Å². The molecule has 4 saturated carbocycles. The van der Waals surface area contributed by atoms with Gasteiger partial charge in [-0.2, -0.15) is 0 Å². The highest BCUT2D eigenvalue weighted by Crippen LogP contribution is 2.61. The molecule has 6 heteroatoms. The minimum absolute atomic E-state index is 0.0769. The summed E-state index contributed by atoms with van der Waals surface area (Å²) in [6.07, 6.45) is 9.03. The van der Waals surface area contributed by atoms with Crippen molar-refractivity contribution in [2.24, 2.45) is 23.2 Å². The Labute approximate surface area is 189 Å². The van der Waals surface area contributed by atoms with E-state index in [0.717, 1.165) is 37.0 Å². The molecule has 7 rings (SSSR count). The minimum atomic E-state index is -0.567. The number of likely N-dealkylation sites (tertiary alicyclic amines) is 1. The van der Waals surface area contributed by atoms with Gasteiger partial charge in [0.25, 0.3) is 0 Å². The second kappa shape index (κ2) is 7.13. The smallest absolute Gasteiger partial charge is 0.228 e. The summed E-state index contributed by atoms with van der Waals surface area (Å²) in [6.45, 7) is 1.32. The SMILES string of the molecule is COc1ccc2c(c1OC)OC1(CCN(C(=O)C34CC5CC(CC(C5)C3)C4)CC1)CC2=O. The van der Waals surface area contributed by atoms with E-state index in [2.05, 4.69) is 4.90 Å². The standard InChI is InChI=1S/C26H33NO5/c1-30-21-4-3-19-20(28)15-26(32-22(19)23(21)31-2)5-7-27(8-6-26)24(29)25-12-16-9-17(13-25)11-18(10-16)14-25/h3-4,16-18H,5-15H2,1-2H3. The molecule has 6 nitrogen and oxygen atoms in total. The Kier molecular flexibility index (Phi) is 4.54. The van der Waals surface area contributed by atoms with Crippen LogP contribution in [0.25, 0.3) is 0 Å². The van der Waals surface area contributed by atoms with Crippen molar-refractivity contribution in [3.05, 3.63) is 17.7 Å². The molecule has 1 aromatic rings. The third-order valence-electron chi connectivity index (χ3n) is 9.06. The van der Waals surface area contributed by atoms with Gasteiger partial charge in [0.15, 0.2) is 17.3 Å². The van der Waals surface area contributed by atoms with Crippen LogP contribution in [0, 0.1) is 23.2 Å². The van der Waals surface area contributed by atoms with Crippen molar-refractivity contribution < 1.29 is 23.8 Å². The number of ketones is 1. The maximum atomic E-state index is 13.8. The molecule has 172 valence electrons. The van der Waals surface area contributed by atoms with E-state index in [9.17, 15) is 9.59 Å². The van der Waals surface area contributed by atoms with E-state index in [-0.39, 0.29) is 11.2 Å². The van der Waals surface area contributed by atoms with Gasteiger partial charge in [-0.15, -0.1) is 0 Å². The number of piperidine rings is 1. The Morgan fingerprint density at radius 1 is 1.00 bits per heavy atom. The van der Waals surface area contributed by atoms with Gasteiger partial charge in [0, 0.05) is 25.9 Å². The van der Waals surface area contributed by atoms with Gasteiger partial charge in [0.05, 0.1) is 31.6 Å². The van der Waals surface area contributed by atoms with Crippen molar-refractivity contribution in [1.29, 1.82) is 0 Å². The second-order valence-electron chi connectivity index (χ2n) is 11.1. The molecule has 0 unspecified atom stereocenters. The normalized spacial score (nSPS) is 34.2. The third kappa shape index (κ3) is 2.97. The van der Waals surface area contributed by atoms with Crippen molar-refractivity contribution >= 4 is 11.7 Å². The summed E-state index contributed by atoms with van der Waals surface area (Å²) in [7, 11) is 3.15. The predicted octanol–water partition coefficient (Wildman–Crippen LogP) is 4.25. The fourth-order valence-corrected chi connectivity index (χ4v) is 7.96. The lowest BCUT2D eigenvalue weighted by atomic mass is 9.49. The van der Waals surface area contributed by atoms with Crippen molar-refractivity contribution in [3.8, 4) is 17.2 Å². The summed E-state index contributed by atoms with van der Waals surface area (Å²) in [4.78, 5) is 28.9. The summed E-state index contributed by atoms with van der Waals surface area (Å²) < 4.78 is 17.5. The number of amides is 1. The maximum absolute atomic E-state index is 13.8. The molecule has 0 atom stereocenters. The number of carbonyl (C=O) groups is 2. The van der Waals surface area contributed by atoms with Gasteiger partial charge in [-0.3, -0.25) is 9.59 Å². The molecular formula is C26H33NO5. The first-order valence-corrected chi connectivity index (χ1v) is 12.2. The fourth-order valence-electron chi connectivity index (χ4n) is 7.96. The largest absolute Gasteiger partial charge is 0.493 e. The summed E-state index contributed by atoms with van der Waals surface area (Å²) >= 11 is 0. The van der Waals surface area contributed by atoms with Crippen molar-refractivity contribution in [1.82, 2.24) is 4.90 Å². The third-order valence-corrected chi connectivity index (χ3v) is 9.06. The Morgan fingerprint density at radius 2 is 1.62 bits per heavy atom. The average molecular weight is 440 g/mol. The molecule has 6 aliphatic rings. The van der Waals surface area contributed by atoms with Crippen LogP contribution in [-0.4, -0.2) is 49.5 Å². The number of methoxy groups -OCH3 is 2. The molecule has 1 spiro atoms. The number of fused-ring (bicyclic) bond motifs is 1. The van der Waals surface area contributed by atoms with Gasteiger partial charge in [-0.1, -0.05) is 0 Å². The molecule has 32 heavy (non-hydrogen) atoms. The van der Waals surface area contributed by atoms with Crippen LogP contribution in [-0.2, 0) is 4.79 Å². The molecule has 0 aromatic heterocycles. The number of nitrogens with zero attached hydrogens (tertiary/aromatic N) is 1. The van der Waals surface area contributed by atoms with E-state index >= 15 is 0 Å². The van der Waals surface area contributed by atoms with E-state index in [0.29, 0.717) is 61.1 Å². The first-order chi connectivity index (χ1) is 15.4. The maximum Gasteiger partial charge on any atom is 0.228 e. The minimum Gasteiger partial charge on any atom is -0.493 e. The summed E-state index contributed by atoms with van der Waals surface area (Å²) in [5, 5.41) is 0. The lowest BCUT2D eigenvalue weighted by molar-refractivity contribution is -0.161. The topological polar surface area (TPSA) is 65.1 Å². The number of carbonyl (C=O) groups excluding carboxylic acids is 2. The highest BCUT2D eigenvalue weighted by molar-refractivity contribution is 6.01. The summed E-state index contributed by atoms with van der Waals surface area (Å²) in [5.41, 5.74) is -0.117. The van der Waals surface area contributed by atoms with Crippen LogP contribution in [0.5, 0.6) is 17.2 Å². The van der Waals surface area contributed by atoms with E-state index in [1.54, 1.807) is 26.4 Å². The van der Waals surface area contributed by atoms with Crippen LogP contribution in [0.1, 0.15) is 68.1 Å². The molecule has 0 radical (unpaired) electrons. The lowest BCUT2D eigenvalue weighted by Crippen LogP contribution is -2.58. The van der Waals surface area contributed by atoms with Crippen LogP contribution in [0.2, 0.25) is 0 Å². The van der Waals surface area contributed by atoms with Crippen LogP contribution < -0.4 is 14.2 Å². The number of benzene rings is 1. The average Bonchev–Trinajstić information content (AvgIpc) is 2.77. The number of rotatable bonds is 3. The zero-order valence-corrected chi connectivity index (χ0v) is 19.2. The molecule has 4 bridgehead atoms. The van der Waals surface area contributed by atoms with E-state index in [4.69, 9.17) is 14.2 Å². The Balaban J connectivity index is 1.20. The molecule has 5 fully saturated rings. The molecule has 1 aromatic carbocycles. The van der Waals surface area contributed by atoms with Crippen molar-refractivity contribution in [2.75, 3.05) is 27.3 Å². The highest BCUT2D eigenvalue weighted by atomic mass is 16.5. The van der Waals surface area contributed by atoms with Gasteiger partial charge < -0.3 is 19.1 Å². The zero-order valence-electron chi connectivity index (χ0n) is 19.2. The van der Waals surface area contributed by atoms with Gasteiger partial charge >= 0.3 is 0 Å². The summed E-state index contributed by atoms with van der Waals surface area (Å²) in [6, 6.07) is 3.52. The molecule has 0 N–H and O–H groups in total. The van der Waals surface area contributed by atoms with Gasteiger partial charge in [0.2, 0.25) is 11.7 Å². The molecule has 4 aliphatic carbocycles. The molecule has 2 heterocycles. The zero-order chi connectivity index (χ0) is 22.1. The van der Waals surface area contributed by atoms with E-state index < -0.39 is 5.60 Å². The first-order valence-electron chi connectivity index (χ1n) is 12.2.